The molecule has 0 aliphatic rings. The van der Waals surface area contributed by atoms with Crippen LogP contribution in [0.3, 0.4) is 0 Å². The summed E-state index contributed by atoms with van der Waals surface area (Å²) >= 11 is 3.46. The predicted octanol–water partition coefficient (Wildman–Crippen LogP) is 3.07. The van der Waals surface area contributed by atoms with Gasteiger partial charge in [-0.1, -0.05) is 15.9 Å². The Morgan fingerprint density at radius 1 is 1.38 bits per heavy atom. The lowest BCUT2D eigenvalue weighted by Gasteiger charge is -2.06. The van der Waals surface area contributed by atoms with Gasteiger partial charge in [-0.25, -0.2) is 0 Å². The van der Waals surface area contributed by atoms with E-state index in [9.17, 15) is 0 Å². The van der Waals surface area contributed by atoms with Gasteiger partial charge in [0.2, 0.25) is 0 Å². The van der Waals surface area contributed by atoms with Crippen molar-refractivity contribution < 1.29 is 4.74 Å². The van der Waals surface area contributed by atoms with Crippen molar-refractivity contribution in [3.63, 3.8) is 0 Å². The third-order valence-corrected chi connectivity index (χ3v) is 3.17. The summed E-state index contributed by atoms with van der Waals surface area (Å²) in [4.78, 5) is 0. The van der Waals surface area contributed by atoms with Gasteiger partial charge in [0.1, 0.15) is 12.4 Å². The molecule has 0 spiro atoms. The van der Waals surface area contributed by atoms with Crippen LogP contribution in [0, 0.1) is 6.92 Å². The van der Waals surface area contributed by atoms with E-state index < -0.39 is 0 Å². The molecule has 0 saturated heterocycles. The lowest BCUT2D eigenvalue weighted by Crippen LogP contribution is -1.98. The number of benzene rings is 1. The summed E-state index contributed by atoms with van der Waals surface area (Å²) in [6.45, 7) is 2.54. The number of nitrogens with zero attached hydrogens (tertiary/aromatic N) is 2. The molecule has 0 aliphatic heterocycles. The maximum Gasteiger partial charge on any atom is 0.132 e. The highest BCUT2D eigenvalue weighted by Crippen LogP contribution is 2.22. The second kappa shape index (κ2) is 4.70. The number of aromatic nitrogens is 2. The zero-order valence-electron chi connectivity index (χ0n) is 9.27. The maximum absolute atomic E-state index is 5.64. The Hall–Kier alpha value is -1.29. The van der Waals surface area contributed by atoms with Crippen molar-refractivity contribution in [2.45, 2.75) is 13.5 Å². The van der Waals surface area contributed by atoms with Gasteiger partial charge in [0.15, 0.2) is 0 Å². The molecule has 1 heterocycles. The van der Waals surface area contributed by atoms with Gasteiger partial charge in [0.25, 0.3) is 0 Å². The quantitative estimate of drug-likeness (QED) is 0.864. The lowest BCUT2D eigenvalue weighted by atomic mass is 10.2. The second-order valence-electron chi connectivity index (χ2n) is 3.68. The zero-order chi connectivity index (χ0) is 11.5. The SMILES string of the molecule is Cc1cc(OCc2ccn(C)n2)ccc1Br. The zero-order valence-corrected chi connectivity index (χ0v) is 10.9. The van der Waals surface area contributed by atoms with E-state index in [1.54, 1.807) is 4.68 Å². The topological polar surface area (TPSA) is 27.1 Å². The van der Waals surface area contributed by atoms with Crippen LogP contribution in [0.1, 0.15) is 11.3 Å². The van der Waals surface area contributed by atoms with E-state index in [2.05, 4.69) is 21.0 Å². The van der Waals surface area contributed by atoms with Gasteiger partial charge in [0.05, 0.1) is 5.69 Å². The number of rotatable bonds is 3. The third-order valence-electron chi connectivity index (χ3n) is 2.28. The molecule has 1 aromatic heterocycles. The molecule has 2 aromatic rings. The molecule has 4 heteroatoms. The van der Waals surface area contributed by atoms with E-state index in [-0.39, 0.29) is 0 Å². The number of ether oxygens (including phenoxy) is 1. The molecule has 0 amide bonds. The molecule has 16 heavy (non-hydrogen) atoms. The molecule has 0 radical (unpaired) electrons. The Labute approximate surface area is 103 Å². The van der Waals surface area contributed by atoms with Crippen molar-refractivity contribution >= 4 is 15.9 Å². The molecular weight excluding hydrogens is 268 g/mol. The van der Waals surface area contributed by atoms with E-state index in [0.29, 0.717) is 6.61 Å². The third kappa shape index (κ3) is 2.64. The molecule has 0 unspecified atom stereocenters. The number of hydrogen-bond donors (Lipinski definition) is 0. The van der Waals surface area contributed by atoms with E-state index in [1.807, 2.05) is 44.4 Å². The highest BCUT2D eigenvalue weighted by molar-refractivity contribution is 9.10. The van der Waals surface area contributed by atoms with Crippen molar-refractivity contribution in [3.8, 4) is 5.75 Å². The van der Waals surface area contributed by atoms with E-state index >= 15 is 0 Å². The Morgan fingerprint density at radius 2 is 2.19 bits per heavy atom. The van der Waals surface area contributed by atoms with Crippen molar-refractivity contribution in [1.82, 2.24) is 9.78 Å². The molecule has 0 N–H and O–H groups in total. The second-order valence-corrected chi connectivity index (χ2v) is 4.53. The van der Waals surface area contributed by atoms with Gasteiger partial charge >= 0.3 is 0 Å². The molecule has 2 rings (SSSR count). The summed E-state index contributed by atoms with van der Waals surface area (Å²) in [5.41, 5.74) is 2.10. The number of hydrogen-bond acceptors (Lipinski definition) is 2. The molecule has 0 aliphatic carbocycles. The first-order valence-corrected chi connectivity index (χ1v) is 5.82. The Balaban J connectivity index is 2.02. The molecule has 1 aromatic carbocycles. The normalized spacial score (nSPS) is 10.4. The largest absolute Gasteiger partial charge is 0.487 e. The summed E-state index contributed by atoms with van der Waals surface area (Å²) in [5, 5.41) is 4.25. The minimum absolute atomic E-state index is 0.502. The fraction of sp³-hybridized carbons (Fsp3) is 0.250. The highest BCUT2D eigenvalue weighted by Gasteiger charge is 2.00. The van der Waals surface area contributed by atoms with Crippen molar-refractivity contribution in [2.75, 3.05) is 0 Å². The Bertz CT molecular complexity index is 494. The lowest BCUT2D eigenvalue weighted by molar-refractivity contribution is 0.300. The van der Waals surface area contributed by atoms with Gasteiger partial charge in [-0.3, -0.25) is 4.68 Å². The monoisotopic (exact) mass is 280 g/mol. The smallest absolute Gasteiger partial charge is 0.132 e. The first kappa shape index (κ1) is 11.2. The molecule has 0 bridgehead atoms. The maximum atomic E-state index is 5.64. The van der Waals surface area contributed by atoms with E-state index in [1.165, 1.54) is 5.56 Å². The fourth-order valence-electron chi connectivity index (χ4n) is 1.40. The average Bonchev–Trinajstić information content (AvgIpc) is 2.66. The minimum Gasteiger partial charge on any atom is -0.487 e. The Kier molecular flexibility index (Phi) is 3.29. The van der Waals surface area contributed by atoms with Gasteiger partial charge in [0, 0.05) is 17.7 Å². The summed E-state index contributed by atoms with van der Waals surface area (Å²) in [6, 6.07) is 7.89. The summed E-state index contributed by atoms with van der Waals surface area (Å²) < 4.78 is 8.51. The molecular formula is C12H13BrN2O. The first-order chi connectivity index (χ1) is 7.65. The number of aryl methyl sites for hydroxylation is 2. The van der Waals surface area contributed by atoms with Crippen LogP contribution in [0.2, 0.25) is 0 Å². The molecule has 3 nitrogen and oxygen atoms in total. The van der Waals surface area contributed by atoms with Gasteiger partial charge in [-0.05, 0) is 36.8 Å². The summed E-state index contributed by atoms with van der Waals surface area (Å²) in [6.07, 6.45) is 1.91. The van der Waals surface area contributed by atoms with Crippen LogP contribution in [0.15, 0.2) is 34.9 Å². The molecule has 0 atom stereocenters. The van der Waals surface area contributed by atoms with Crippen molar-refractivity contribution in [3.05, 3.63) is 46.2 Å². The van der Waals surface area contributed by atoms with Crippen LogP contribution in [0.4, 0.5) is 0 Å². The molecule has 84 valence electrons. The van der Waals surface area contributed by atoms with Crippen LogP contribution in [-0.4, -0.2) is 9.78 Å². The van der Waals surface area contributed by atoms with E-state index in [4.69, 9.17) is 4.74 Å². The number of halogens is 1. The van der Waals surface area contributed by atoms with Crippen LogP contribution < -0.4 is 4.74 Å². The first-order valence-electron chi connectivity index (χ1n) is 5.02. The van der Waals surface area contributed by atoms with Gasteiger partial charge < -0.3 is 4.74 Å². The van der Waals surface area contributed by atoms with Crippen LogP contribution in [0.25, 0.3) is 0 Å². The minimum atomic E-state index is 0.502. The highest BCUT2D eigenvalue weighted by atomic mass is 79.9. The molecule has 0 saturated carbocycles. The van der Waals surface area contributed by atoms with Crippen LogP contribution in [0.5, 0.6) is 5.75 Å². The van der Waals surface area contributed by atoms with E-state index in [0.717, 1.165) is 15.9 Å². The summed E-state index contributed by atoms with van der Waals surface area (Å²) in [5.74, 6) is 0.867. The van der Waals surface area contributed by atoms with Crippen molar-refractivity contribution in [2.24, 2.45) is 7.05 Å². The average molecular weight is 281 g/mol. The van der Waals surface area contributed by atoms with Crippen LogP contribution in [-0.2, 0) is 13.7 Å². The van der Waals surface area contributed by atoms with Crippen LogP contribution >= 0.6 is 15.9 Å². The standard InChI is InChI=1S/C12H13BrN2O/c1-9-7-11(3-4-12(9)13)16-8-10-5-6-15(2)14-10/h3-7H,8H2,1-2H3. The van der Waals surface area contributed by atoms with Gasteiger partial charge in [-0.2, -0.15) is 5.10 Å². The Morgan fingerprint density at radius 3 is 2.81 bits per heavy atom. The summed E-state index contributed by atoms with van der Waals surface area (Å²) in [7, 11) is 1.90. The molecule has 0 fully saturated rings. The fourth-order valence-corrected chi connectivity index (χ4v) is 1.65. The predicted molar refractivity (Wildman–Crippen MR) is 66.4 cm³/mol. The van der Waals surface area contributed by atoms with Gasteiger partial charge in [-0.15, -0.1) is 0 Å². The van der Waals surface area contributed by atoms with Crippen molar-refractivity contribution in [1.29, 1.82) is 0 Å².